The van der Waals surface area contributed by atoms with Gasteiger partial charge in [0.1, 0.15) is 16.9 Å². The van der Waals surface area contributed by atoms with Gasteiger partial charge in [0.2, 0.25) is 5.95 Å². The molecule has 0 aliphatic carbocycles. The van der Waals surface area contributed by atoms with E-state index in [2.05, 4.69) is 24.8 Å². The van der Waals surface area contributed by atoms with Gasteiger partial charge in [-0.1, -0.05) is 17.7 Å². The SMILES string of the molecule is N#Cc1ccnc(N2CCN(Cc3ccc(Cl)nc3)CC2)n1. The van der Waals surface area contributed by atoms with E-state index < -0.39 is 0 Å². The van der Waals surface area contributed by atoms with Crippen molar-refractivity contribution < 1.29 is 0 Å². The van der Waals surface area contributed by atoms with Gasteiger partial charge < -0.3 is 4.90 Å². The number of hydrogen-bond acceptors (Lipinski definition) is 6. The normalized spacial score (nSPS) is 15.5. The van der Waals surface area contributed by atoms with E-state index in [1.54, 1.807) is 12.3 Å². The Morgan fingerprint density at radius 3 is 2.64 bits per heavy atom. The Morgan fingerprint density at radius 1 is 1.14 bits per heavy atom. The summed E-state index contributed by atoms with van der Waals surface area (Å²) in [6.45, 7) is 4.38. The number of anilines is 1. The molecule has 112 valence electrons. The van der Waals surface area contributed by atoms with E-state index >= 15 is 0 Å². The maximum Gasteiger partial charge on any atom is 0.226 e. The highest BCUT2D eigenvalue weighted by Gasteiger charge is 2.19. The first-order chi connectivity index (χ1) is 10.7. The molecule has 0 N–H and O–H groups in total. The zero-order valence-electron chi connectivity index (χ0n) is 12.0. The molecule has 2 aromatic heterocycles. The van der Waals surface area contributed by atoms with Crippen molar-refractivity contribution in [1.29, 1.82) is 5.26 Å². The number of nitrogens with zero attached hydrogens (tertiary/aromatic N) is 6. The summed E-state index contributed by atoms with van der Waals surface area (Å²) < 4.78 is 0. The minimum Gasteiger partial charge on any atom is -0.338 e. The van der Waals surface area contributed by atoms with Gasteiger partial charge in [0.15, 0.2) is 0 Å². The Bertz CT molecular complexity index is 673. The molecule has 2 aromatic rings. The van der Waals surface area contributed by atoms with Crippen LogP contribution in [0.2, 0.25) is 5.15 Å². The van der Waals surface area contributed by atoms with Crippen LogP contribution in [-0.4, -0.2) is 46.0 Å². The molecule has 1 aliphatic heterocycles. The van der Waals surface area contributed by atoms with Gasteiger partial charge in [0, 0.05) is 45.1 Å². The van der Waals surface area contributed by atoms with Gasteiger partial charge in [-0.2, -0.15) is 5.26 Å². The zero-order chi connectivity index (χ0) is 15.4. The maximum atomic E-state index is 8.90. The Labute approximate surface area is 134 Å². The largest absolute Gasteiger partial charge is 0.338 e. The first-order valence-electron chi connectivity index (χ1n) is 7.05. The van der Waals surface area contributed by atoms with E-state index in [9.17, 15) is 0 Å². The summed E-state index contributed by atoms with van der Waals surface area (Å²) in [5, 5.41) is 9.42. The molecule has 3 heterocycles. The lowest BCUT2D eigenvalue weighted by molar-refractivity contribution is 0.248. The van der Waals surface area contributed by atoms with Gasteiger partial charge in [0.25, 0.3) is 0 Å². The summed E-state index contributed by atoms with van der Waals surface area (Å²) >= 11 is 5.80. The number of nitriles is 1. The topological polar surface area (TPSA) is 68.9 Å². The van der Waals surface area contributed by atoms with Crippen LogP contribution in [0.1, 0.15) is 11.3 Å². The molecular weight excluding hydrogens is 300 g/mol. The number of aromatic nitrogens is 3. The fourth-order valence-electron chi connectivity index (χ4n) is 2.43. The molecule has 6 nitrogen and oxygen atoms in total. The molecule has 0 spiro atoms. The van der Waals surface area contributed by atoms with Crippen molar-refractivity contribution in [2.75, 3.05) is 31.1 Å². The van der Waals surface area contributed by atoms with E-state index in [-0.39, 0.29) is 0 Å². The second-order valence-electron chi connectivity index (χ2n) is 5.11. The summed E-state index contributed by atoms with van der Waals surface area (Å²) in [6, 6.07) is 7.48. The van der Waals surface area contributed by atoms with Gasteiger partial charge in [0.05, 0.1) is 0 Å². The van der Waals surface area contributed by atoms with Gasteiger partial charge in [-0.25, -0.2) is 15.0 Å². The third kappa shape index (κ3) is 3.50. The number of piperazine rings is 1. The Morgan fingerprint density at radius 2 is 1.95 bits per heavy atom. The lowest BCUT2D eigenvalue weighted by atomic mass is 10.2. The van der Waals surface area contributed by atoms with Crippen LogP contribution >= 0.6 is 11.6 Å². The van der Waals surface area contributed by atoms with Crippen molar-refractivity contribution >= 4 is 17.5 Å². The molecule has 0 aromatic carbocycles. The molecule has 0 radical (unpaired) electrons. The summed E-state index contributed by atoms with van der Waals surface area (Å²) in [5.41, 5.74) is 1.56. The standard InChI is InChI=1S/C15H15ClN6/c16-14-2-1-12(10-19-14)11-21-5-7-22(8-6-21)15-18-4-3-13(9-17)20-15/h1-4,10H,5-8,11H2. The minimum atomic E-state index is 0.402. The molecule has 22 heavy (non-hydrogen) atoms. The van der Waals surface area contributed by atoms with Crippen molar-refractivity contribution in [3.63, 3.8) is 0 Å². The number of pyridine rings is 1. The van der Waals surface area contributed by atoms with Crippen LogP contribution in [0.25, 0.3) is 0 Å². The van der Waals surface area contributed by atoms with Crippen LogP contribution < -0.4 is 4.90 Å². The molecule has 0 unspecified atom stereocenters. The van der Waals surface area contributed by atoms with Crippen LogP contribution in [0.15, 0.2) is 30.6 Å². The molecule has 0 saturated carbocycles. The van der Waals surface area contributed by atoms with Gasteiger partial charge in [-0.15, -0.1) is 0 Å². The summed E-state index contributed by atoms with van der Waals surface area (Å²) in [4.78, 5) is 17.1. The average Bonchev–Trinajstić information content (AvgIpc) is 2.58. The number of hydrogen-bond donors (Lipinski definition) is 0. The molecule has 3 rings (SSSR count). The van der Waals surface area contributed by atoms with Crippen LogP contribution in [0, 0.1) is 11.3 Å². The van der Waals surface area contributed by atoms with E-state index in [4.69, 9.17) is 16.9 Å². The van der Waals surface area contributed by atoms with Crippen LogP contribution in [0.3, 0.4) is 0 Å². The third-order valence-corrected chi connectivity index (χ3v) is 3.83. The Kier molecular flexibility index (Phi) is 4.47. The molecule has 1 saturated heterocycles. The lowest BCUT2D eigenvalue weighted by Crippen LogP contribution is -2.46. The van der Waals surface area contributed by atoms with E-state index in [0.717, 1.165) is 38.3 Å². The number of rotatable bonds is 3. The monoisotopic (exact) mass is 314 g/mol. The summed E-state index contributed by atoms with van der Waals surface area (Å²) in [5.74, 6) is 0.631. The summed E-state index contributed by atoms with van der Waals surface area (Å²) in [6.07, 6.45) is 3.45. The van der Waals surface area contributed by atoms with E-state index in [1.165, 1.54) is 0 Å². The predicted octanol–water partition coefficient (Wildman–Crippen LogP) is 1.72. The van der Waals surface area contributed by atoms with Crippen molar-refractivity contribution in [2.24, 2.45) is 0 Å². The number of halogens is 1. The molecule has 0 amide bonds. The average molecular weight is 315 g/mol. The van der Waals surface area contributed by atoms with Crippen LogP contribution in [0.4, 0.5) is 5.95 Å². The Balaban J connectivity index is 1.58. The predicted molar refractivity (Wildman–Crippen MR) is 83.5 cm³/mol. The quantitative estimate of drug-likeness (QED) is 0.804. The second kappa shape index (κ2) is 6.69. The lowest BCUT2D eigenvalue weighted by Gasteiger charge is -2.34. The van der Waals surface area contributed by atoms with Crippen molar-refractivity contribution in [1.82, 2.24) is 19.9 Å². The molecular formula is C15H15ClN6. The molecule has 1 fully saturated rings. The third-order valence-electron chi connectivity index (χ3n) is 3.61. The van der Waals surface area contributed by atoms with Gasteiger partial charge >= 0.3 is 0 Å². The maximum absolute atomic E-state index is 8.90. The van der Waals surface area contributed by atoms with E-state index in [0.29, 0.717) is 16.8 Å². The van der Waals surface area contributed by atoms with Crippen molar-refractivity contribution in [3.05, 3.63) is 47.0 Å². The first kappa shape index (κ1) is 14.7. The fourth-order valence-corrected chi connectivity index (χ4v) is 2.54. The van der Waals surface area contributed by atoms with Gasteiger partial charge in [-0.05, 0) is 17.7 Å². The smallest absolute Gasteiger partial charge is 0.226 e. The Hall–Kier alpha value is -2.23. The zero-order valence-corrected chi connectivity index (χ0v) is 12.7. The molecule has 0 atom stereocenters. The highest BCUT2D eigenvalue weighted by molar-refractivity contribution is 6.29. The summed E-state index contributed by atoms with van der Waals surface area (Å²) in [7, 11) is 0. The fraction of sp³-hybridized carbons (Fsp3) is 0.333. The van der Waals surface area contributed by atoms with E-state index in [1.807, 2.05) is 24.4 Å². The highest BCUT2D eigenvalue weighted by Crippen LogP contribution is 2.14. The first-order valence-corrected chi connectivity index (χ1v) is 7.43. The minimum absolute atomic E-state index is 0.402. The molecule has 1 aliphatic rings. The molecule has 7 heteroatoms. The van der Waals surface area contributed by atoms with Crippen molar-refractivity contribution in [3.8, 4) is 6.07 Å². The van der Waals surface area contributed by atoms with Crippen molar-refractivity contribution in [2.45, 2.75) is 6.54 Å². The second-order valence-corrected chi connectivity index (χ2v) is 5.49. The highest BCUT2D eigenvalue weighted by atomic mass is 35.5. The van der Waals surface area contributed by atoms with Crippen LogP contribution in [-0.2, 0) is 6.54 Å². The van der Waals surface area contributed by atoms with Crippen LogP contribution in [0.5, 0.6) is 0 Å². The van der Waals surface area contributed by atoms with Gasteiger partial charge in [-0.3, -0.25) is 4.90 Å². The molecule has 0 bridgehead atoms.